The molecule has 0 bridgehead atoms. The monoisotopic (exact) mass is 266 g/mol. The van der Waals surface area contributed by atoms with Crippen LogP contribution in [0.5, 0.6) is 0 Å². The largest absolute Gasteiger partial charge is 0.379 e. The molecule has 2 heterocycles. The molecular weight excluding hydrogens is 251 g/mol. The van der Waals surface area contributed by atoms with Crippen molar-refractivity contribution in [3.05, 3.63) is 35.6 Å². The molecule has 3 atom stereocenters. The number of hydrogen-bond donors (Lipinski definition) is 1. The number of fused-ring (bicyclic) bond motifs is 1. The van der Waals surface area contributed by atoms with Crippen molar-refractivity contribution in [1.29, 1.82) is 0 Å². The lowest BCUT2D eigenvalue weighted by molar-refractivity contribution is 0.107. The summed E-state index contributed by atoms with van der Waals surface area (Å²) in [4.78, 5) is 4.55. The van der Waals surface area contributed by atoms with Crippen molar-refractivity contribution in [2.75, 3.05) is 12.4 Å². The Labute approximate surface area is 110 Å². The molecule has 18 heavy (non-hydrogen) atoms. The first-order chi connectivity index (χ1) is 8.63. The van der Waals surface area contributed by atoms with E-state index < -0.39 is 5.54 Å². The van der Waals surface area contributed by atoms with E-state index in [0.717, 1.165) is 5.75 Å². The maximum atomic E-state index is 14.1. The van der Waals surface area contributed by atoms with Crippen LogP contribution in [0.3, 0.4) is 0 Å². The van der Waals surface area contributed by atoms with Gasteiger partial charge < -0.3 is 10.5 Å². The predicted octanol–water partition coefficient (Wildman–Crippen LogP) is 2.12. The molecule has 0 amide bonds. The molecule has 0 aliphatic carbocycles. The number of amidine groups is 1. The SMILES string of the molecule is C[C@H]1OC[C@]2(c3ccccc3F)N=C(N)SCC12. The van der Waals surface area contributed by atoms with Gasteiger partial charge in [0.1, 0.15) is 11.4 Å². The normalized spacial score (nSPS) is 35.1. The number of thioether (sulfide) groups is 1. The number of aliphatic imine (C=N–C) groups is 1. The summed E-state index contributed by atoms with van der Waals surface area (Å²) in [6.45, 7) is 2.42. The van der Waals surface area contributed by atoms with E-state index in [-0.39, 0.29) is 17.8 Å². The number of rotatable bonds is 1. The van der Waals surface area contributed by atoms with E-state index in [1.807, 2.05) is 13.0 Å². The molecule has 3 rings (SSSR count). The summed E-state index contributed by atoms with van der Waals surface area (Å²) in [6.07, 6.45) is 0.0777. The van der Waals surface area contributed by atoms with Gasteiger partial charge in [-0.2, -0.15) is 0 Å². The number of hydrogen-bond acceptors (Lipinski definition) is 4. The van der Waals surface area contributed by atoms with Crippen molar-refractivity contribution in [3.8, 4) is 0 Å². The third kappa shape index (κ3) is 1.65. The minimum atomic E-state index is -0.639. The first-order valence-electron chi connectivity index (χ1n) is 5.98. The van der Waals surface area contributed by atoms with E-state index in [1.54, 1.807) is 12.1 Å². The van der Waals surface area contributed by atoms with Crippen LogP contribution in [0.4, 0.5) is 4.39 Å². The van der Waals surface area contributed by atoms with Crippen molar-refractivity contribution >= 4 is 16.9 Å². The maximum absolute atomic E-state index is 14.1. The van der Waals surface area contributed by atoms with Crippen LogP contribution in [0.25, 0.3) is 0 Å². The van der Waals surface area contributed by atoms with Crippen molar-refractivity contribution in [2.45, 2.75) is 18.6 Å². The minimum Gasteiger partial charge on any atom is -0.379 e. The van der Waals surface area contributed by atoms with Gasteiger partial charge in [0.25, 0.3) is 0 Å². The highest BCUT2D eigenvalue weighted by atomic mass is 32.2. The van der Waals surface area contributed by atoms with Crippen LogP contribution in [-0.2, 0) is 10.3 Å². The summed E-state index contributed by atoms with van der Waals surface area (Å²) < 4.78 is 19.8. The third-order valence-electron chi connectivity index (χ3n) is 3.81. The zero-order valence-corrected chi connectivity index (χ0v) is 10.9. The highest BCUT2D eigenvalue weighted by molar-refractivity contribution is 8.13. The molecule has 96 valence electrons. The fourth-order valence-corrected chi connectivity index (χ4v) is 3.94. The number of ether oxygens (including phenoxy) is 1. The predicted molar refractivity (Wildman–Crippen MR) is 71.1 cm³/mol. The van der Waals surface area contributed by atoms with E-state index in [0.29, 0.717) is 17.3 Å². The lowest BCUT2D eigenvalue weighted by atomic mass is 9.79. The van der Waals surface area contributed by atoms with E-state index in [2.05, 4.69) is 4.99 Å². The van der Waals surface area contributed by atoms with E-state index in [9.17, 15) is 4.39 Å². The molecule has 5 heteroatoms. The van der Waals surface area contributed by atoms with Crippen LogP contribution in [-0.4, -0.2) is 23.6 Å². The Morgan fingerprint density at radius 3 is 3.06 bits per heavy atom. The van der Waals surface area contributed by atoms with E-state index in [1.165, 1.54) is 17.8 Å². The van der Waals surface area contributed by atoms with E-state index in [4.69, 9.17) is 10.5 Å². The topological polar surface area (TPSA) is 47.6 Å². The average Bonchev–Trinajstić information content (AvgIpc) is 2.68. The van der Waals surface area contributed by atoms with Gasteiger partial charge in [-0.25, -0.2) is 9.38 Å². The fourth-order valence-electron chi connectivity index (χ4n) is 2.81. The molecule has 1 fully saturated rings. The maximum Gasteiger partial charge on any atom is 0.154 e. The summed E-state index contributed by atoms with van der Waals surface area (Å²) in [5.41, 5.74) is 5.80. The van der Waals surface area contributed by atoms with Crippen molar-refractivity contribution in [3.63, 3.8) is 0 Å². The highest BCUT2D eigenvalue weighted by Crippen LogP contribution is 2.47. The molecule has 0 saturated carbocycles. The van der Waals surface area contributed by atoms with Gasteiger partial charge in [0, 0.05) is 17.2 Å². The summed E-state index contributed by atoms with van der Waals surface area (Å²) in [5, 5.41) is 0.521. The smallest absolute Gasteiger partial charge is 0.154 e. The Hall–Kier alpha value is -1.07. The Kier molecular flexibility index (Phi) is 2.83. The number of nitrogens with two attached hydrogens (primary N) is 1. The van der Waals surface area contributed by atoms with Crippen molar-refractivity contribution < 1.29 is 9.13 Å². The zero-order chi connectivity index (χ0) is 12.8. The first kappa shape index (κ1) is 12.0. The van der Waals surface area contributed by atoms with Crippen LogP contribution < -0.4 is 5.73 Å². The van der Waals surface area contributed by atoms with Gasteiger partial charge in [-0.15, -0.1) is 0 Å². The van der Waals surface area contributed by atoms with Crippen LogP contribution in [0, 0.1) is 11.7 Å². The first-order valence-corrected chi connectivity index (χ1v) is 6.97. The van der Waals surface area contributed by atoms with Crippen LogP contribution in [0.2, 0.25) is 0 Å². The second-order valence-corrected chi connectivity index (χ2v) is 5.83. The summed E-state index contributed by atoms with van der Waals surface area (Å²) in [6, 6.07) is 6.78. The number of halogens is 1. The molecule has 1 saturated heterocycles. The molecule has 2 aliphatic heterocycles. The Morgan fingerprint density at radius 2 is 2.28 bits per heavy atom. The molecule has 3 nitrogen and oxygen atoms in total. The van der Waals surface area contributed by atoms with Gasteiger partial charge in [0.15, 0.2) is 5.17 Å². The molecule has 2 aliphatic rings. The number of benzene rings is 1. The van der Waals surface area contributed by atoms with Gasteiger partial charge in [-0.1, -0.05) is 30.0 Å². The quantitative estimate of drug-likeness (QED) is 0.847. The lowest BCUT2D eigenvalue weighted by Gasteiger charge is -2.35. The summed E-state index contributed by atoms with van der Waals surface area (Å²) >= 11 is 1.52. The fraction of sp³-hybridized carbons (Fsp3) is 0.462. The van der Waals surface area contributed by atoms with Gasteiger partial charge >= 0.3 is 0 Å². The van der Waals surface area contributed by atoms with Gasteiger partial charge in [0.05, 0.1) is 12.7 Å². The zero-order valence-electron chi connectivity index (χ0n) is 10.1. The van der Waals surface area contributed by atoms with Gasteiger partial charge in [0.2, 0.25) is 0 Å². The highest BCUT2D eigenvalue weighted by Gasteiger charge is 2.52. The molecule has 0 aromatic heterocycles. The third-order valence-corrected chi connectivity index (χ3v) is 4.72. The Balaban J connectivity index is 2.16. The lowest BCUT2D eigenvalue weighted by Crippen LogP contribution is -2.41. The molecular formula is C13H15FN2OS. The molecule has 1 aromatic carbocycles. The molecule has 0 radical (unpaired) electrons. The van der Waals surface area contributed by atoms with Gasteiger partial charge in [-0.05, 0) is 13.0 Å². The molecule has 2 N–H and O–H groups in total. The molecule has 1 unspecified atom stereocenters. The van der Waals surface area contributed by atoms with Crippen LogP contribution in [0.15, 0.2) is 29.3 Å². The molecule has 0 spiro atoms. The number of nitrogens with zero attached hydrogens (tertiary/aromatic N) is 1. The van der Waals surface area contributed by atoms with Gasteiger partial charge in [-0.3, -0.25) is 0 Å². The van der Waals surface area contributed by atoms with E-state index >= 15 is 0 Å². The standard InChI is InChI=1S/C13H15FN2OS/c1-8-10-6-18-12(15)16-13(10,7-17-8)9-4-2-3-5-11(9)14/h2-5,8,10H,6-7H2,1H3,(H2,15,16)/t8-,10?,13-/m1/s1. The Bertz CT molecular complexity index is 508. The van der Waals surface area contributed by atoms with Crippen LogP contribution >= 0.6 is 11.8 Å². The second kappa shape index (κ2) is 4.24. The minimum absolute atomic E-state index is 0.0777. The van der Waals surface area contributed by atoms with Crippen molar-refractivity contribution in [2.24, 2.45) is 16.6 Å². The van der Waals surface area contributed by atoms with Crippen molar-refractivity contribution in [1.82, 2.24) is 0 Å². The summed E-state index contributed by atoms with van der Waals surface area (Å²) in [7, 11) is 0. The van der Waals surface area contributed by atoms with Crippen LogP contribution in [0.1, 0.15) is 12.5 Å². The summed E-state index contributed by atoms with van der Waals surface area (Å²) in [5.74, 6) is 0.764. The second-order valence-electron chi connectivity index (χ2n) is 4.79. The Morgan fingerprint density at radius 1 is 1.50 bits per heavy atom. The molecule has 1 aromatic rings. The average molecular weight is 266 g/mol.